The zero-order chi connectivity index (χ0) is 25.6. The smallest absolute Gasteiger partial charge is 0.252 e. The Hall–Kier alpha value is -2.36. The van der Waals surface area contributed by atoms with E-state index in [0.717, 1.165) is 39.4 Å². The number of benzene rings is 2. The molecule has 36 heavy (non-hydrogen) atoms. The number of fused-ring (bicyclic) bond motifs is 1. The minimum Gasteiger partial charge on any atom is -0.391 e. The molecule has 9 heteroatoms. The zero-order valence-electron chi connectivity index (χ0n) is 20.5. The number of aliphatic hydroxyl groups excluding tert-OH is 1. The van der Waals surface area contributed by atoms with Gasteiger partial charge in [-0.15, -0.1) is 11.8 Å². The predicted octanol–water partition coefficient (Wildman–Crippen LogP) is 4.08. The minimum absolute atomic E-state index is 0.00694. The van der Waals surface area contributed by atoms with Crippen molar-refractivity contribution in [1.82, 2.24) is 4.31 Å². The Morgan fingerprint density at radius 2 is 1.86 bits per heavy atom. The molecule has 0 radical (unpaired) electrons. The van der Waals surface area contributed by atoms with Crippen molar-refractivity contribution in [2.75, 3.05) is 5.75 Å². The van der Waals surface area contributed by atoms with Gasteiger partial charge >= 0.3 is 0 Å². The number of thioether (sulfide) groups is 1. The Bertz CT molecular complexity index is 1240. The Morgan fingerprint density at radius 1 is 1.19 bits per heavy atom. The lowest BCUT2D eigenvalue weighted by atomic mass is 9.69. The van der Waals surface area contributed by atoms with Crippen LogP contribution < -0.4 is 0 Å². The van der Waals surface area contributed by atoms with Gasteiger partial charge in [-0.25, -0.2) is 12.7 Å². The zero-order valence-corrected chi connectivity index (χ0v) is 22.1. The molecule has 2 bridgehead atoms. The summed E-state index contributed by atoms with van der Waals surface area (Å²) in [5, 5.41) is 13.9. The first kappa shape index (κ1) is 25.3. The van der Waals surface area contributed by atoms with Crippen molar-refractivity contribution in [3.05, 3.63) is 66.2 Å². The fourth-order valence-electron chi connectivity index (χ4n) is 6.49. The van der Waals surface area contributed by atoms with E-state index in [9.17, 15) is 18.3 Å². The summed E-state index contributed by atoms with van der Waals surface area (Å²) in [7, 11) is -3.81. The van der Waals surface area contributed by atoms with E-state index in [4.69, 9.17) is 4.84 Å². The number of carbonyl (C=O) groups excluding carboxylic acids is 1. The third-order valence-electron chi connectivity index (χ3n) is 8.55. The number of nitrogens with zero attached hydrogens (tertiary/aromatic N) is 2. The average Bonchev–Trinajstić information content (AvgIpc) is 3.34. The monoisotopic (exact) mass is 528 g/mol. The van der Waals surface area contributed by atoms with Crippen LogP contribution in [0.3, 0.4) is 0 Å². The van der Waals surface area contributed by atoms with Gasteiger partial charge < -0.3 is 9.94 Å². The van der Waals surface area contributed by atoms with Crippen molar-refractivity contribution in [3.63, 3.8) is 0 Å². The van der Waals surface area contributed by atoms with Crippen LogP contribution in [0.15, 0.2) is 70.7 Å². The van der Waals surface area contributed by atoms with E-state index in [0.29, 0.717) is 12.3 Å². The number of amides is 1. The maximum absolute atomic E-state index is 14.0. The van der Waals surface area contributed by atoms with Crippen LogP contribution in [-0.2, 0) is 26.3 Å². The molecule has 3 fully saturated rings. The molecule has 1 spiro atoms. The highest BCUT2D eigenvalue weighted by Gasteiger charge is 2.72. The highest BCUT2D eigenvalue weighted by Crippen LogP contribution is 2.70. The maximum Gasteiger partial charge on any atom is 0.252 e. The highest BCUT2D eigenvalue weighted by atomic mass is 32.2. The molecule has 2 saturated carbocycles. The van der Waals surface area contributed by atoms with Gasteiger partial charge in [0.05, 0.1) is 18.0 Å². The van der Waals surface area contributed by atoms with Crippen LogP contribution in [0.4, 0.5) is 0 Å². The van der Waals surface area contributed by atoms with Gasteiger partial charge in [0, 0.05) is 10.3 Å². The van der Waals surface area contributed by atoms with Crippen LogP contribution in [0.5, 0.6) is 0 Å². The molecule has 1 amide bonds. The van der Waals surface area contributed by atoms with Crippen LogP contribution in [0.2, 0.25) is 0 Å². The van der Waals surface area contributed by atoms with Crippen molar-refractivity contribution in [1.29, 1.82) is 0 Å². The number of sulfonamides is 1. The molecule has 2 aromatic carbocycles. The normalized spacial score (nSPS) is 29.2. The largest absolute Gasteiger partial charge is 0.391 e. The second-order valence-electron chi connectivity index (χ2n) is 10.6. The third kappa shape index (κ3) is 4.25. The first-order chi connectivity index (χ1) is 17.2. The second-order valence-corrected chi connectivity index (χ2v) is 13.7. The van der Waals surface area contributed by atoms with E-state index in [1.165, 1.54) is 6.21 Å². The summed E-state index contributed by atoms with van der Waals surface area (Å²) in [6.07, 6.45) is 2.34. The summed E-state index contributed by atoms with van der Waals surface area (Å²) in [6.45, 7) is 4.52. The average molecular weight is 529 g/mol. The summed E-state index contributed by atoms with van der Waals surface area (Å²) in [5.74, 6) is -0.199. The number of hydrogen-bond acceptors (Lipinski definition) is 7. The van der Waals surface area contributed by atoms with Gasteiger partial charge in [0.2, 0.25) is 10.0 Å². The lowest BCUT2D eigenvalue weighted by molar-refractivity contribution is -0.129. The summed E-state index contributed by atoms with van der Waals surface area (Å²) in [6, 6.07) is 18.3. The second kappa shape index (κ2) is 9.50. The Labute approximate surface area is 217 Å². The van der Waals surface area contributed by atoms with Gasteiger partial charge in [0.25, 0.3) is 5.91 Å². The van der Waals surface area contributed by atoms with E-state index in [-0.39, 0.29) is 23.8 Å². The minimum atomic E-state index is -3.81. The number of hydrogen-bond donors (Lipinski definition) is 1. The number of aliphatic hydroxyl groups is 1. The van der Waals surface area contributed by atoms with Crippen LogP contribution >= 0.6 is 11.8 Å². The Kier molecular flexibility index (Phi) is 6.68. The van der Waals surface area contributed by atoms with Crippen LogP contribution in [0.25, 0.3) is 0 Å². The quantitative estimate of drug-likeness (QED) is 0.315. The SMILES string of the molecule is CC1(C)[C@H]2CC[C@@]13CS(=O)(=O)N(C(=O)[C@@H](Sc1ccccc1)[C@@H](O)/C=N/OCc1ccccc1)[C@@H]3C2. The lowest BCUT2D eigenvalue weighted by Crippen LogP contribution is -2.50. The van der Waals surface area contributed by atoms with E-state index >= 15 is 0 Å². The molecule has 5 rings (SSSR count). The molecule has 5 atom stereocenters. The molecular weight excluding hydrogens is 496 g/mol. The molecule has 0 aromatic heterocycles. The van der Waals surface area contributed by atoms with E-state index in [1.807, 2.05) is 60.7 Å². The molecule has 1 saturated heterocycles. The molecule has 2 aromatic rings. The maximum atomic E-state index is 14.0. The van der Waals surface area contributed by atoms with Gasteiger partial charge in [-0.1, -0.05) is 67.5 Å². The van der Waals surface area contributed by atoms with Crippen LogP contribution in [-0.4, -0.2) is 53.1 Å². The van der Waals surface area contributed by atoms with Crippen molar-refractivity contribution in [2.45, 2.75) is 62.0 Å². The van der Waals surface area contributed by atoms with Gasteiger partial charge in [0.15, 0.2) is 0 Å². The molecule has 2 aliphatic carbocycles. The van der Waals surface area contributed by atoms with Gasteiger partial charge in [-0.3, -0.25) is 4.79 Å². The molecule has 192 valence electrons. The fraction of sp³-hybridized carbons (Fsp3) is 0.481. The summed E-state index contributed by atoms with van der Waals surface area (Å²) in [5.41, 5.74) is 0.349. The Balaban J connectivity index is 1.39. The Morgan fingerprint density at radius 3 is 2.53 bits per heavy atom. The number of rotatable bonds is 8. The van der Waals surface area contributed by atoms with Gasteiger partial charge in [-0.2, -0.15) is 0 Å². The van der Waals surface area contributed by atoms with Gasteiger partial charge in [0.1, 0.15) is 18.0 Å². The standard InChI is InChI=1S/C27H32N2O5S2/c1-26(2)20-13-14-27(26)18-36(32,33)29(23(27)15-20)25(31)24(35-21-11-7-4-8-12-21)22(30)16-28-34-17-19-9-5-3-6-10-19/h3-12,16,20,22-24,30H,13-15,17-18H2,1-2H3/b28-16+/t20-,22-,23+,24-,27-/m0/s1. The van der Waals surface area contributed by atoms with E-state index < -0.39 is 32.7 Å². The molecule has 1 N–H and O–H groups in total. The first-order valence-electron chi connectivity index (χ1n) is 12.3. The number of oxime groups is 1. The highest BCUT2D eigenvalue weighted by molar-refractivity contribution is 8.01. The van der Waals surface area contributed by atoms with Crippen LogP contribution in [0, 0.1) is 16.7 Å². The number of carbonyl (C=O) groups is 1. The van der Waals surface area contributed by atoms with Crippen LogP contribution in [0.1, 0.15) is 38.7 Å². The summed E-state index contributed by atoms with van der Waals surface area (Å²) in [4.78, 5) is 20.0. The van der Waals surface area contributed by atoms with E-state index in [1.54, 1.807) is 0 Å². The predicted molar refractivity (Wildman–Crippen MR) is 140 cm³/mol. The molecule has 1 heterocycles. The summed E-state index contributed by atoms with van der Waals surface area (Å²) < 4.78 is 28.0. The summed E-state index contributed by atoms with van der Waals surface area (Å²) >= 11 is 1.15. The lowest BCUT2D eigenvalue weighted by Gasteiger charge is -2.37. The van der Waals surface area contributed by atoms with Crippen molar-refractivity contribution in [3.8, 4) is 0 Å². The first-order valence-corrected chi connectivity index (χ1v) is 14.8. The van der Waals surface area contributed by atoms with Gasteiger partial charge in [-0.05, 0) is 48.3 Å². The van der Waals surface area contributed by atoms with Crippen molar-refractivity contribution in [2.24, 2.45) is 21.9 Å². The topological polar surface area (TPSA) is 96.3 Å². The molecule has 7 nitrogen and oxygen atoms in total. The van der Waals surface area contributed by atoms with Crippen molar-refractivity contribution < 1.29 is 23.2 Å². The molecular formula is C27H32N2O5S2. The van der Waals surface area contributed by atoms with E-state index in [2.05, 4.69) is 19.0 Å². The molecule has 1 aliphatic heterocycles. The molecule has 0 unspecified atom stereocenters. The molecule has 3 aliphatic rings. The van der Waals surface area contributed by atoms with Crippen molar-refractivity contribution >= 4 is 33.9 Å². The fourth-order valence-corrected chi connectivity index (χ4v) is 10.1. The third-order valence-corrected chi connectivity index (χ3v) is 11.7.